The third kappa shape index (κ3) is 2.97. The summed E-state index contributed by atoms with van der Waals surface area (Å²) in [6, 6.07) is 7.31. The Bertz CT molecular complexity index is 401. The van der Waals surface area contributed by atoms with Gasteiger partial charge in [0.25, 0.3) is 0 Å². The number of benzene rings is 1. The number of hydrogen-bond donors (Lipinski definition) is 2. The highest BCUT2D eigenvalue weighted by atomic mass is 16.3. The summed E-state index contributed by atoms with van der Waals surface area (Å²) >= 11 is 0. The maximum atomic E-state index is 9.28. The number of phenols is 1. The van der Waals surface area contributed by atoms with Crippen LogP contribution < -0.4 is 0 Å². The van der Waals surface area contributed by atoms with E-state index in [1.165, 1.54) is 11.1 Å². The van der Waals surface area contributed by atoms with Crippen LogP contribution in [0.1, 0.15) is 18.4 Å². The highest BCUT2D eigenvalue weighted by molar-refractivity contribution is 5.29. The molecule has 0 spiro atoms. The van der Waals surface area contributed by atoms with E-state index in [-0.39, 0.29) is 6.10 Å². The normalized spacial score (nSPS) is 19.6. The van der Waals surface area contributed by atoms with E-state index in [0.29, 0.717) is 5.75 Å². The predicted molar refractivity (Wildman–Crippen MR) is 64.3 cm³/mol. The third-order valence-corrected chi connectivity index (χ3v) is 2.79. The average molecular weight is 216 g/mol. The zero-order valence-corrected chi connectivity index (χ0v) is 9.13. The van der Waals surface area contributed by atoms with E-state index in [2.05, 4.69) is 6.08 Å². The summed E-state index contributed by atoms with van der Waals surface area (Å²) in [6.45, 7) is 0. The van der Waals surface area contributed by atoms with Gasteiger partial charge < -0.3 is 10.2 Å². The highest BCUT2D eigenvalue weighted by Crippen LogP contribution is 2.17. The van der Waals surface area contributed by atoms with Crippen molar-refractivity contribution in [2.75, 3.05) is 0 Å². The van der Waals surface area contributed by atoms with Crippen LogP contribution in [0.3, 0.4) is 0 Å². The lowest BCUT2D eigenvalue weighted by Crippen LogP contribution is -2.04. The van der Waals surface area contributed by atoms with Crippen LogP contribution in [-0.4, -0.2) is 16.3 Å². The van der Waals surface area contributed by atoms with Crippen LogP contribution in [0.15, 0.2) is 48.1 Å². The van der Waals surface area contributed by atoms with E-state index in [1.807, 2.05) is 24.3 Å². The first kappa shape index (κ1) is 11.0. The molecule has 0 saturated heterocycles. The van der Waals surface area contributed by atoms with Crippen molar-refractivity contribution < 1.29 is 10.2 Å². The second kappa shape index (κ2) is 4.99. The Labute approximate surface area is 95.6 Å². The molecule has 1 aliphatic carbocycles. The maximum Gasteiger partial charge on any atom is 0.115 e. The van der Waals surface area contributed by atoms with Gasteiger partial charge in [0.1, 0.15) is 5.75 Å². The minimum absolute atomic E-state index is 0.308. The van der Waals surface area contributed by atoms with Crippen molar-refractivity contribution in [2.24, 2.45) is 0 Å². The minimum atomic E-state index is -0.308. The first-order valence-electron chi connectivity index (χ1n) is 5.57. The summed E-state index contributed by atoms with van der Waals surface area (Å²) in [5.74, 6) is 0.309. The zero-order chi connectivity index (χ0) is 11.4. The van der Waals surface area contributed by atoms with Crippen molar-refractivity contribution in [2.45, 2.75) is 25.4 Å². The fourth-order valence-corrected chi connectivity index (χ4v) is 1.79. The Morgan fingerprint density at radius 1 is 1.12 bits per heavy atom. The molecule has 16 heavy (non-hydrogen) atoms. The lowest BCUT2D eigenvalue weighted by Gasteiger charge is -2.11. The molecule has 0 saturated carbocycles. The van der Waals surface area contributed by atoms with Crippen molar-refractivity contribution in [1.82, 2.24) is 0 Å². The van der Waals surface area contributed by atoms with Crippen LogP contribution in [0, 0.1) is 0 Å². The van der Waals surface area contributed by atoms with Crippen molar-refractivity contribution in [3.63, 3.8) is 0 Å². The Kier molecular flexibility index (Phi) is 3.42. The van der Waals surface area contributed by atoms with E-state index in [1.54, 1.807) is 12.1 Å². The average Bonchev–Trinajstić information content (AvgIpc) is 2.30. The molecule has 1 aliphatic rings. The number of allylic oxidation sites excluding steroid dienone is 2. The van der Waals surface area contributed by atoms with Crippen molar-refractivity contribution >= 4 is 0 Å². The Balaban J connectivity index is 1.88. The van der Waals surface area contributed by atoms with Gasteiger partial charge in [-0.05, 0) is 37.0 Å². The molecule has 0 bridgehead atoms. The molecule has 0 aliphatic heterocycles. The number of aryl methyl sites for hydroxylation is 1. The maximum absolute atomic E-state index is 9.28. The van der Waals surface area contributed by atoms with Gasteiger partial charge >= 0.3 is 0 Å². The lowest BCUT2D eigenvalue weighted by molar-refractivity contribution is 0.225. The number of hydrogen-bond acceptors (Lipinski definition) is 2. The highest BCUT2D eigenvalue weighted by Gasteiger charge is 2.04. The minimum Gasteiger partial charge on any atom is -0.508 e. The summed E-state index contributed by atoms with van der Waals surface area (Å²) in [7, 11) is 0. The Hall–Kier alpha value is -1.54. The van der Waals surface area contributed by atoms with Gasteiger partial charge in [-0.3, -0.25) is 0 Å². The molecule has 0 fully saturated rings. The molecule has 1 atom stereocenters. The molecule has 0 amide bonds. The van der Waals surface area contributed by atoms with Crippen molar-refractivity contribution in [1.29, 1.82) is 0 Å². The third-order valence-electron chi connectivity index (χ3n) is 2.79. The van der Waals surface area contributed by atoms with Crippen LogP contribution in [0.4, 0.5) is 0 Å². The number of rotatable bonds is 3. The van der Waals surface area contributed by atoms with Crippen LogP contribution in [-0.2, 0) is 6.42 Å². The predicted octanol–water partition coefficient (Wildman–Crippen LogP) is 2.57. The largest absolute Gasteiger partial charge is 0.508 e. The van der Waals surface area contributed by atoms with Crippen molar-refractivity contribution in [3.05, 3.63) is 53.6 Å². The molecule has 1 aromatic rings. The molecular weight excluding hydrogens is 200 g/mol. The standard InChI is InChI=1S/C14H16O2/c15-13-7-3-11(4-8-13)1-2-12-5-9-14(16)10-6-12/h3-9,14-16H,1-2,10H2/t14-/m1/s1. The van der Waals surface area contributed by atoms with E-state index in [9.17, 15) is 5.11 Å². The topological polar surface area (TPSA) is 40.5 Å². The summed E-state index contributed by atoms with van der Waals surface area (Å²) in [5, 5.41) is 18.4. The quantitative estimate of drug-likeness (QED) is 0.815. The first-order valence-corrected chi connectivity index (χ1v) is 5.57. The van der Waals surface area contributed by atoms with Crippen LogP contribution in [0.25, 0.3) is 0 Å². The summed E-state index contributed by atoms with van der Waals surface area (Å²) in [5.41, 5.74) is 2.50. The van der Waals surface area contributed by atoms with E-state index >= 15 is 0 Å². The number of aromatic hydroxyl groups is 1. The molecule has 0 aromatic heterocycles. The molecule has 0 heterocycles. The molecular formula is C14H16O2. The van der Waals surface area contributed by atoms with Gasteiger partial charge in [-0.1, -0.05) is 35.9 Å². The molecule has 0 unspecified atom stereocenters. The van der Waals surface area contributed by atoms with E-state index < -0.39 is 0 Å². The summed E-state index contributed by atoms with van der Waals surface area (Å²) in [6.07, 6.45) is 8.28. The van der Waals surface area contributed by atoms with Gasteiger partial charge in [0.05, 0.1) is 6.10 Å². The summed E-state index contributed by atoms with van der Waals surface area (Å²) < 4.78 is 0. The zero-order valence-electron chi connectivity index (χ0n) is 9.13. The van der Waals surface area contributed by atoms with Crippen LogP contribution in [0.5, 0.6) is 5.75 Å². The molecule has 1 aromatic carbocycles. The van der Waals surface area contributed by atoms with E-state index in [0.717, 1.165) is 19.3 Å². The Morgan fingerprint density at radius 3 is 2.50 bits per heavy atom. The summed E-state index contributed by atoms with van der Waals surface area (Å²) in [4.78, 5) is 0. The van der Waals surface area contributed by atoms with Gasteiger partial charge in [0, 0.05) is 0 Å². The lowest BCUT2D eigenvalue weighted by atomic mass is 9.99. The van der Waals surface area contributed by atoms with E-state index in [4.69, 9.17) is 5.11 Å². The fraction of sp³-hybridized carbons (Fsp3) is 0.286. The molecule has 2 nitrogen and oxygen atoms in total. The molecule has 84 valence electrons. The fourth-order valence-electron chi connectivity index (χ4n) is 1.79. The number of phenolic OH excluding ortho intramolecular Hbond substituents is 1. The molecule has 2 heteroatoms. The van der Waals surface area contributed by atoms with Crippen molar-refractivity contribution in [3.8, 4) is 5.75 Å². The number of aliphatic hydroxyl groups is 1. The van der Waals surface area contributed by atoms with Gasteiger partial charge in [-0.25, -0.2) is 0 Å². The van der Waals surface area contributed by atoms with Gasteiger partial charge in [0.15, 0.2) is 0 Å². The van der Waals surface area contributed by atoms with Crippen LogP contribution >= 0.6 is 0 Å². The monoisotopic (exact) mass is 216 g/mol. The second-order valence-corrected chi connectivity index (χ2v) is 4.11. The number of aliphatic hydroxyl groups excluding tert-OH is 1. The molecule has 2 N–H and O–H groups in total. The molecule has 0 radical (unpaired) electrons. The van der Waals surface area contributed by atoms with Gasteiger partial charge in [-0.2, -0.15) is 0 Å². The first-order chi connectivity index (χ1) is 7.74. The Morgan fingerprint density at radius 2 is 1.88 bits per heavy atom. The van der Waals surface area contributed by atoms with Gasteiger partial charge in [-0.15, -0.1) is 0 Å². The van der Waals surface area contributed by atoms with Crippen LogP contribution in [0.2, 0.25) is 0 Å². The molecule has 2 rings (SSSR count). The second-order valence-electron chi connectivity index (χ2n) is 4.11. The van der Waals surface area contributed by atoms with Gasteiger partial charge in [0.2, 0.25) is 0 Å². The SMILES string of the molecule is Oc1ccc(CCC2=CC[C@H](O)C=C2)cc1. The smallest absolute Gasteiger partial charge is 0.115 e.